The quantitative estimate of drug-likeness (QED) is 0.337. The highest BCUT2D eigenvalue weighted by Crippen LogP contribution is 2.42. The van der Waals surface area contributed by atoms with Crippen LogP contribution in [0.1, 0.15) is 52.1 Å². The summed E-state index contributed by atoms with van der Waals surface area (Å²) in [5.41, 5.74) is 1.33. The Morgan fingerprint density at radius 1 is 1.26 bits per heavy atom. The number of halogens is 2. The van der Waals surface area contributed by atoms with E-state index in [1.807, 2.05) is 32.1 Å². The van der Waals surface area contributed by atoms with Crippen molar-refractivity contribution in [3.63, 3.8) is 0 Å². The van der Waals surface area contributed by atoms with Gasteiger partial charge in [0.15, 0.2) is 17.5 Å². The van der Waals surface area contributed by atoms with Gasteiger partial charge in [0.2, 0.25) is 5.91 Å². The smallest absolute Gasteiger partial charge is 0.464 e. The number of likely N-dealkylation sites (tertiary alicyclic amines) is 1. The summed E-state index contributed by atoms with van der Waals surface area (Å²) >= 11 is 0. The van der Waals surface area contributed by atoms with Gasteiger partial charge in [0.05, 0.1) is 18.6 Å². The lowest BCUT2D eigenvalue weighted by Crippen LogP contribution is -2.68. The van der Waals surface area contributed by atoms with E-state index in [4.69, 9.17) is 4.74 Å². The topological polar surface area (TPSA) is 94.2 Å². The molecule has 0 radical (unpaired) electrons. The number of rotatable bonds is 8. The van der Waals surface area contributed by atoms with E-state index in [-0.39, 0.29) is 18.1 Å². The second-order valence-electron chi connectivity index (χ2n) is 7.93. The van der Waals surface area contributed by atoms with E-state index in [0.29, 0.717) is 12.0 Å². The number of nitrogens with one attached hydrogen (secondary N) is 1. The number of carbonyl (C=O) groups is 3. The number of nitrogens with zero attached hydrogens (tertiary/aromatic N) is 1. The number of alkyl halides is 2. The Balaban J connectivity index is 1.73. The van der Waals surface area contributed by atoms with Crippen LogP contribution in [0.15, 0.2) is 42.0 Å². The van der Waals surface area contributed by atoms with Gasteiger partial charge in [-0.3, -0.25) is 4.79 Å². The SMILES string of the molecule is C/C=C(\C=C/CC)C[C@H]1C(=O)N(C(=O)NC(C)c2ccc3c(c2)OC(F)(F)O3)C1C(=O)OCC. The molecule has 3 atom stereocenters. The molecule has 0 aromatic heterocycles. The van der Waals surface area contributed by atoms with E-state index in [9.17, 15) is 23.2 Å². The number of β-lactam (4-membered cyclic amide) rings is 1. The van der Waals surface area contributed by atoms with Gasteiger partial charge >= 0.3 is 18.3 Å². The maximum absolute atomic E-state index is 13.3. The van der Waals surface area contributed by atoms with Gasteiger partial charge in [-0.15, -0.1) is 8.78 Å². The molecule has 2 heterocycles. The normalized spacial score (nSPS) is 21.9. The van der Waals surface area contributed by atoms with Crippen LogP contribution in [-0.2, 0) is 14.3 Å². The van der Waals surface area contributed by atoms with Crippen molar-refractivity contribution in [3.05, 3.63) is 47.6 Å². The average molecular weight is 478 g/mol. The fraction of sp³-hybridized carbons (Fsp3) is 0.458. The first-order valence-electron chi connectivity index (χ1n) is 11.1. The molecule has 1 saturated heterocycles. The second-order valence-corrected chi connectivity index (χ2v) is 7.93. The Hall–Kier alpha value is -3.43. The number of imide groups is 1. The molecule has 0 bridgehead atoms. The van der Waals surface area contributed by atoms with Crippen molar-refractivity contribution in [2.75, 3.05) is 6.61 Å². The standard InChI is InChI=1S/C24H28F2N2O6/c1-5-8-9-15(6-2)12-17-20(22(30)32-7-3)28(21(17)29)23(31)27-14(4)16-10-11-18-19(13-16)34-24(25,26)33-18/h6,8-11,13-14,17,20H,5,7,12H2,1-4H3,(H,27,31)/b9-8-,15-6+/t14?,17-,20?/m1/s1. The highest BCUT2D eigenvalue weighted by atomic mass is 19.3. The molecule has 3 amide bonds. The van der Waals surface area contributed by atoms with Gasteiger partial charge in [-0.1, -0.05) is 36.8 Å². The van der Waals surface area contributed by atoms with Gasteiger partial charge in [0.25, 0.3) is 0 Å². The van der Waals surface area contributed by atoms with Crippen LogP contribution in [-0.4, -0.2) is 41.8 Å². The van der Waals surface area contributed by atoms with Crippen LogP contribution in [0.2, 0.25) is 0 Å². The predicted molar refractivity (Wildman–Crippen MR) is 118 cm³/mol. The molecule has 3 rings (SSSR count). The average Bonchev–Trinajstić information content (AvgIpc) is 3.10. The number of hydrogen-bond donors (Lipinski definition) is 1. The number of amides is 3. The van der Waals surface area contributed by atoms with Crippen molar-refractivity contribution < 1.29 is 37.4 Å². The van der Waals surface area contributed by atoms with Gasteiger partial charge in [-0.2, -0.15) is 0 Å². The Morgan fingerprint density at radius 2 is 1.97 bits per heavy atom. The third-order valence-electron chi connectivity index (χ3n) is 5.62. The van der Waals surface area contributed by atoms with Crippen molar-refractivity contribution in [1.29, 1.82) is 0 Å². The summed E-state index contributed by atoms with van der Waals surface area (Å²) in [6, 6.07) is 1.62. The number of hydrogen-bond acceptors (Lipinski definition) is 6. The first-order chi connectivity index (χ1) is 16.1. The van der Waals surface area contributed by atoms with Crippen molar-refractivity contribution >= 4 is 17.9 Å². The summed E-state index contributed by atoms with van der Waals surface area (Å²) < 4.78 is 40.5. The summed E-state index contributed by atoms with van der Waals surface area (Å²) in [5, 5.41) is 2.64. The zero-order valence-corrected chi connectivity index (χ0v) is 19.5. The van der Waals surface area contributed by atoms with Crippen molar-refractivity contribution in [1.82, 2.24) is 10.2 Å². The lowest BCUT2D eigenvalue weighted by molar-refractivity contribution is -0.286. The molecule has 1 aromatic carbocycles. The van der Waals surface area contributed by atoms with Gasteiger partial charge in [0, 0.05) is 0 Å². The third kappa shape index (κ3) is 5.21. The summed E-state index contributed by atoms with van der Waals surface area (Å²) in [6.07, 6.45) is 3.06. The Kier molecular flexibility index (Phi) is 7.58. The van der Waals surface area contributed by atoms with Crippen LogP contribution in [0, 0.1) is 5.92 Å². The van der Waals surface area contributed by atoms with Gasteiger partial charge < -0.3 is 19.5 Å². The van der Waals surface area contributed by atoms with E-state index in [1.54, 1.807) is 13.8 Å². The Bertz CT molecular complexity index is 1020. The third-order valence-corrected chi connectivity index (χ3v) is 5.62. The number of urea groups is 1. The molecule has 10 heteroatoms. The molecule has 2 aliphatic heterocycles. The summed E-state index contributed by atoms with van der Waals surface area (Å²) in [6.45, 7) is 7.19. The molecule has 1 fully saturated rings. The number of esters is 1. The number of carbonyl (C=O) groups excluding carboxylic acids is 3. The van der Waals surface area contributed by atoms with E-state index in [2.05, 4.69) is 14.8 Å². The number of benzene rings is 1. The molecule has 0 aliphatic carbocycles. The predicted octanol–water partition coefficient (Wildman–Crippen LogP) is 4.47. The van der Waals surface area contributed by atoms with Crippen LogP contribution in [0.4, 0.5) is 13.6 Å². The Labute approximate surface area is 196 Å². The van der Waals surface area contributed by atoms with E-state index in [1.165, 1.54) is 18.2 Å². The summed E-state index contributed by atoms with van der Waals surface area (Å²) in [7, 11) is 0. The van der Waals surface area contributed by atoms with Gasteiger partial charge in [-0.25, -0.2) is 14.5 Å². The second kappa shape index (κ2) is 10.2. The Morgan fingerprint density at radius 3 is 2.62 bits per heavy atom. The maximum atomic E-state index is 13.3. The lowest BCUT2D eigenvalue weighted by Gasteiger charge is -2.44. The van der Waals surface area contributed by atoms with E-state index < -0.39 is 42.2 Å². The zero-order chi connectivity index (χ0) is 25.0. The van der Waals surface area contributed by atoms with Crippen LogP contribution in [0.25, 0.3) is 0 Å². The molecule has 184 valence electrons. The molecule has 2 unspecified atom stereocenters. The zero-order valence-electron chi connectivity index (χ0n) is 19.5. The summed E-state index contributed by atoms with van der Waals surface area (Å²) in [5.74, 6) is -2.15. The first-order valence-corrected chi connectivity index (χ1v) is 11.1. The lowest BCUT2D eigenvalue weighted by atomic mass is 9.82. The highest BCUT2D eigenvalue weighted by Gasteiger charge is 2.55. The van der Waals surface area contributed by atoms with Crippen LogP contribution in [0.3, 0.4) is 0 Å². The molecule has 34 heavy (non-hydrogen) atoms. The van der Waals surface area contributed by atoms with E-state index >= 15 is 0 Å². The molecule has 1 N–H and O–H groups in total. The molecular weight excluding hydrogens is 450 g/mol. The molecule has 2 aliphatic rings. The monoisotopic (exact) mass is 478 g/mol. The molecule has 0 spiro atoms. The number of ether oxygens (including phenoxy) is 3. The van der Waals surface area contributed by atoms with E-state index in [0.717, 1.165) is 16.9 Å². The van der Waals surface area contributed by atoms with Gasteiger partial charge in [-0.05, 0) is 51.3 Å². The molecular formula is C24H28F2N2O6. The minimum atomic E-state index is -3.75. The maximum Gasteiger partial charge on any atom is 0.586 e. The largest absolute Gasteiger partial charge is 0.586 e. The van der Waals surface area contributed by atoms with Crippen LogP contribution < -0.4 is 14.8 Å². The number of fused-ring (bicyclic) bond motifs is 1. The minimum absolute atomic E-state index is 0.107. The first kappa shape index (κ1) is 25.2. The minimum Gasteiger partial charge on any atom is -0.464 e. The van der Waals surface area contributed by atoms with Crippen LogP contribution >= 0.6 is 0 Å². The molecule has 8 nitrogen and oxygen atoms in total. The molecule has 0 saturated carbocycles. The summed E-state index contributed by atoms with van der Waals surface area (Å²) in [4.78, 5) is 39.3. The fourth-order valence-corrected chi connectivity index (χ4v) is 3.85. The fourth-order valence-electron chi connectivity index (χ4n) is 3.85. The highest BCUT2D eigenvalue weighted by molar-refractivity contribution is 6.08. The van der Waals surface area contributed by atoms with Crippen molar-refractivity contribution in [2.24, 2.45) is 5.92 Å². The number of allylic oxidation sites excluding steroid dienone is 4. The van der Waals surface area contributed by atoms with Crippen molar-refractivity contribution in [3.8, 4) is 11.5 Å². The van der Waals surface area contributed by atoms with Crippen LogP contribution in [0.5, 0.6) is 11.5 Å². The van der Waals surface area contributed by atoms with Gasteiger partial charge in [0.1, 0.15) is 0 Å². The molecule has 1 aromatic rings. The van der Waals surface area contributed by atoms with Crippen molar-refractivity contribution in [2.45, 2.75) is 58.9 Å².